The largest absolute Gasteiger partial charge is 0.459 e. The van der Waals surface area contributed by atoms with E-state index in [0.717, 1.165) is 42.7 Å². The zero-order valence-electron chi connectivity index (χ0n) is 17.0. The van der Waals surface area contributed by atoms with Crippen LogP contribution in [0.4, 0.5) is 10.3 Å². The van der Waals surface area contributed by atoms with E-state index in [1.165, 1.54) is 12.1 Å². The van der Waals surface area contributed by atoms with Gasteiger partial charge in [-0.25, -0.2) is 4.39 Å². The molecule has 1 aliphatic rings. The molecule has 1 saturated heterocycles. The molecule has 2 aromatic heterocycles. The SMILES string of the molecule is CC(C)c1cnn2c(N[C@@H](C)c3cccc(F)c3)nc(O[C@@H]3CCCNC3)nc12. The van der Waals surface area contributed by atoms with Crippen molar-refractivity contribution in [3.8, 4) is 6.01 Å². The molecule has 3 aromatic rings. The second kappa shape index (κ2) is 8.32. The number of hydrogen-bond donors (Lipinski definition) is 2. The molecule has 3 heterocycles. The number of aromatic nitrogens is 4. The molecule has 1 fully saturated rings. The number of anilines is 1. The number of piperidine rings is 1. The smallest absolute Gasteiger partial charge is 0.322 e. The van der Waals surface area contributed by atoms with Crippen molar-refractivity contribution in [2.24, 2.45) is 0 Å². The van der Waals surface area contributed by atoms with Crippen LogP contribution < -0.4 is 15.4 Å². The van der Waals surface area contributed by atoms with Gasteiger partial charge in [0.25, 0.3) is 0 Å². The van der Waals surface area contributed by atoms with Crippen LogP contribution in [0.3, 0.4) is 0 Å². The molecule has 0 spiro atoms. The molecule has 8 heteroatoms. The molecular formula is C21H27FN6O. The zero-order valence-corrected chi connectivity index (χ0v) is 17.0. The summed E-state index contributed by atoms with van der Waals surface area (Å²) >= 11 is 0. The zero-order chi connectivity index (χ0) is 20.4. The minimum absolute atomic E-state index is 0.0464. The van der Waals surface area contributed by atoms with Gasteiger partial charge in [0.15, 0.2) is 5.65 Å². The van der Waals surface area contributed by atoms with Crippen LogP contribution in [0.25, 0.3) is 5.65 Å². The van der Waals surface area contributed by atoms with Crippen LogP contribution in [0.5, 0.6) is 6.01 Å². The molecule has 0 amide bonds. The van der Waals surface area contributed by atoms with Crippen molar-refractivity contribution in [3.05, 3.63) is 47.4 Å². The van der Waals surface area contributed by atoms with E-state index in [1.807, 2.05) is 19.2 Å². The maximum absolute atomic E-state index is 13.6. The van der Waals surface area contributed by atoms with E-state index < -0.39 is 0 Å². The summed E-state index contributed by atoms with van der Waals surface area (Å²) in [6.07, 6.45) is 3.91. The summed E-state index contributed by atoms with van der Waals surface area (Å²) in [5.74, 6) is 0.525. The first-order chi connectivity index (χ1) is 14.0. The van der Waals surface area contributed by atoms with Gasteiger partial charge < -0.3 is 15.4 Å². The molecule has 0 bridgehead atoms. The summed E-state index contributed by atoms with van der Waals surface area (Å²) in [6.45, 7) is 7.96. The molecule has 2 N–H and O–H groups in total. The lowest BCUT2D eigenvalue weighted by molar-refractivity contribution is 0.153. The standard InChI is InChI=1S/C21H27FN6O/c1-13(2)18-12-24-28-19(18)26-21(29-17-8-5-9-23-11-17)27-20(28)25-14(3)15-6-4-7-16(22)10-15/h4,6-7,10,12-14,17,23H,5,8-9,11H2,1-3H3,(H,25,26,27)/t14-,17+/m0/s1. The maximum atomic E-state index is 13.6. The Balaban J connectivity index is 1.68. The highest BCUT2D eigenvalue weighted by Gasteiger charge is 2.21. The number of ether oxygens (including phenoxy) is 1. The lowest BCUT2D eigenvalue weighted by atomic mass is 10.1. The van der Waals surface area contributed by atoms with Gasteiger partial charge in [0.05, 0.1) is 12.2 Å². The molecule has 154 valence electrons. The molecule has 1 aliphatic heterocycles. The van der Waals surface area contributed by atoms with Crippen molar-refractivity contribution >= 4 is 11.6 Å². The Labute approximate surface area is 169 Å². The van der Waals surface area contributed by atoms with Crippen molar-refractivity contribution in [1.82, 2.24) is 24.9 Å². The Morgan fingerprint density at radius 2 is 2.14 bits per heavy atom. The quantitative estimate of drug-likeness (QED) is 0.660. The van der Waals surface area contributed by atoms with Gasteiger partial charge in [0.2, 0.25) is 5.95 Å². The number of benzene rings is 1. The average molecular weight is 398 g/mol. The number of nitrogens with zero attached hydrogens (tertiary/aromatic N) is 4. The normalized spacial score (nSPS) is 18.2. The fourth-order valence-corrected chi connectivity index (χ4v) is 3.55. The lowest BCUT2D eigenvalue weighted by Gasteiger charge is -2.23. The molecule has 0 aliphatic carbocycles. The minimum Gasteiger partial charge on any atom is -0.459 e. The maximum Gasteiger partial charge on any atom is 0.322 e. The Kier molecular flexibility index (Phi) is 5.62. The Morgan fingerprint density at radius 3 is 2.86 bits per heavy atom. The highest BCUT2D eigenvalue weighted by Crippen LogP contribution is 2.26. The highest BCUT2D eigenvalue weighted by molar-refractivity contribution is 5.53. The van der Waals surface area contributed by atoms with Crippen LogP contribution in [-0.2, 0) is 0 Å². The predicted molar refractivity (Wildman–Crippen MR) is 110 cm³/mol. The fourth-order valence-electron chi connectivity index (χ4n) is 3.55. The van der Waals surface area contributed by atoms with Gasteiger partial charge in [-0.1, -0.05) is 26.0 Å². The Morgan fingerprint density at radius 1 is 1.28 bits per heavy atom. The third kappa shape index (κ3) is 4.32. The van der Waals surface area contributed by atoms with Crippen molar-refractivity contribution in [2.75, 3.05) is 18.4 Å². The van der Waals surface area contributed by atoms with E-state index in [9.17, 15) is 4.39 Å². The fraction of sp³-hybridized carbons (Fsp3) is 0.476. The van der Waals surface area contributed by atoms with E-state index in [-0.39, 0.29) is 23.9 Å². The summed E-state index contributed by atoms with van der Waals surface area (Å²) < 4.78 is 21.4. The van der Waals surface area contributed by atoms with Crippen LogP contribution in [0.1, 0.15) is 56.7 Å². The molecule has 2 atom stereocenters. The van der Waals surface area contributed by atoms with Gasteiger partial charge in [-0.3, -0.25) is 0 Å². The van der Waals surface area contributed by atoms with Gasteiger partial charge in [-0.2, -0.15) is 19.6 Å². The van der Waals surface area contributed by atoms with Gasteiger partial charge in [0, 0.05) is 12.1 Å². The van der Waals surface area contributed by atoms with E-state index in [4.69, 9.17) is 4.74 Å². The Bertz CT molecular complexity index is 982. The summed E-state index contributed by atoms with van der Waals surface area (Å²) in [5, 5.41) is 11.2. The molecule has 7 nitrogen and oxygen atoms in total. The first-order valence-corrected chi connectivity index (χ1v) is 10.2. The number of rotatable bonds is 6. The van der Waals surface area contributed by atoms with Crippen LogP contribution in [0.2, 0.25) is 0 Å². The lowest BCUT2D eigenvalue weighted by Crippen LogP contribution is -2.37. The van der Waals surface area contributed by atoms with Gasteiger partial charge >= 0.3 is 6.01 Å². The van der Waals surface area contributed by atoms with E-state index >= 15 is 0 Å². The van der Waals surface area contributed by atoms with Crippen molar-refractivity contribution < 1.29 is 9.13 Å². The van der Waals surface area contributed by atoms with E-state index in [2.05, 4.69) is 39.5 Å². The summed E-state index contributed by atoms with van der Waals surface area (Å²) in [5.41, 5.74) is 2.58. The van der Waals surface area contributed by atoms with Crippen LogP contribution in [0, 0.1) is 5.82 Å². The van der Waals surface area contributed by atoms with Gasteiger partial charge in [-0.05, 0) is 49.9 Å². The van der Waals surface area contributed by atoms with Crippen LogP contribution >= 0.6 is 0 Å². The minimum atomic E-state index is -0.265. The first-order valence-electron chi connectivity index (χ1n) is 10.2. The Hall–Kier alpha value is -2.74. The monoisotopic (exact) mass is 398 g/mol. The first kappa shape index (κ1) is 19.6. The van der Waals surface area contributed by atoms with Crippen molar-refractivity contribution in [2.45, 2.75) is 51.7 Å². The van der Waals surface area contributed by atoms with Gasteiger partial charge in [0.1, 0.15) is 11.9 Å². The molecular weight excluding hydrogens is 371 g/mol. The van der Waals surface area contributed by atoms with Gasteiger partial charge in [-0.15, -0.1) is 0 Å². The number of hydrogen-bond acceptors (Lipinski definition) is 6. The number of nitrogens with one attached hydrogen (secondary N) is 2. The summed E-state index contributed by atoms with van der Waals surface area (Å²) in [4.78, 5) is 9.23. The third-order valence-electron chi connectivity index (χ3n) is 5.21. The molecule has 4 rings (SSSR count). The average Bonchev–Trinajstić information content (AvgIpc) is 3.13. The van der Waals surface area contributed by atoms with Crippen LogP contribution in [-0.4, -0.2) is 38.8 Å². The number of fused-ring (bicyclic) bond motifs is 1. The van der Waals surface area contributed by atoms with E-state index in [0.29, 0.717) is 12.0 Å². The molecule has 0 radical (unpaired) electrons. The number of halogens is 1. The summed E-state index contributed by atoms with van der Waals surface area (Å²) in [7, 11) is 0. The molecule has 0 saturated carbocycles. The third-order valence-corrected chi connectivity index (χ3v) is 5.21. The second-order valence-corrected chi connectivity index (χ2v) is 7.83. The predicted octanol–water partition coefficient (Wildman–Crippen LogP) is 3.69. The molecule has 0 unspecified atom stereocenters. The molecule has 1 aromatic carbocycles. The van der Waals surface area contributed by atoms with Crippen molar-refractivity contribution in [1.29, 1.82) is 0 Å². The van der Waals surface area contributed by atoms with E-state index in [1.54, 1.807) is 10.6 Å². The van der Waals surface area contributed by atoms with Crippen LogP contribution in [0.15, 0.2) is 30.5 Å². The summed E-state index contributed by atoms with van der Waals surface area (Å²) in [6, 6.07) is 6.71. The topological polar surface area (TPSA) is 76.4 Å². The second-order valence-electron chi connectivity index (χ2n) is 7.83. The highest BCUT2D eigenvalue weighted by atomic mass is 19.1. The van der Waals surface area contributed by atoms with Crippen molar-refractivity contribution in [3.63, 3.8) is 0 Å². The molecule has 29 heavy (non-hydrogen) atoms.